The molecule has 0 aromatic heterocycles. The summed E-state index contributed by atoms with van der Waals surface area (Å²) in [4.78, 5) is 12.6. The lowest BCUT2D eigenvalue weighted by atomic mass is 9.59. The van der Waals surface area contributed by atoms with Gasteiger partial charge in [-0.3, -0.25) is 4.79 Å². The summed E-state index contributed by atoms with van der Waals surface area (Å²) in [6, 6.07) is 17.8. The minimum Gasteiger partial charge on any atom is -0.356 e. The van der Waals surface area contributed by atoms with Gasteiger partial charge in [-0.2, -0.15) is 0 Å². The zero-order valence-corrected chi connectivity index (χ0v) is 15.0. The molecule has 4 aliphatic carbocycles. The molecule has 4 aliphatic rings. The van der Waals surface area contributed by atoms with Crippen LogP contribution in [0.15, 0.2) is 60.7 Å². The number of amides is 1. The normalized spacial score (nSPS) is 28.3. The van der Waals surface area contributed by atoms with Crippen LogP contribution in [0.1, 0.15) is 59.8 Å². The van der Waals surface area contributed by atoms with E-state index in [-0.39, 0.29) is 11.8 Å². The molecular formula is C24H25NO. The monoisotopic (exact) mass is 343 g/mol. The van der Waals surface area contributed by atoms with Crippen LogP contribution in [-0.2, 0) is 4.79 Å². The van der Waals surface area contributed by atoms with E-state index in [0.29, 0.717) is 17.8 Å². The molecule has 0 fully saturated rings. The second-order valence-electron chi connectivity index (χ2n) is 8.01. The molecular weight excluding hydrogens is 318 g/mol. The van der Waals surface area contributed by atoms with Crippen molar-refractivity contribution >= 4 is 5.91 Å². The molecule has 2 heteroatoms. The number of nitrogens with one attached hydrogen (secondary N) is 1. The zero-order chi connectivity index (χ0) is 17.5. The molecule has 26 heavy (non-hydrogen) atoms. The topological polar surface area (TPSA) is 29.1 Å². The third-order valence-electron chi connectivity index (χ3n) is 6.60. The Labute approximate surface area is 155 Å². The van der Waals surface area contributed by atoms with Gasteiger partial charge in [0.25, 0.3) is 0 Å². The van der Waals surface area contributed by atoms with E-state index >= 15 is 0 Å². The highest BCUT2D eigenvalue weighted by Crippen LogP contribution is 2.55. The summed E-state index contributed by atoms with van der Waals surface area (Å²) in [6.07, 6.45) is 8.41. The largest absolute Gasteiger partial charge is 0.356 e. The molecule has 1 amide bonds. The first-order chi connectivity index (χ1) is 12.8. The van der Waals surface area contributed by atoms with Crippen LogP contribution in [-0.4, -0.2) is 12.5 Å². The molecule has 0 heterocycles. The van der Waals surface area contributed by atoms with Gasteiger partial charge in [-0.1, -0.05) is 60.7 Å². The predicted molar refractivity (Wildman–Crippen MR) is 104 cm³/mol. The number of carbonyl (C=O) groups is 1. The van der Waals surface area contributed by atoms with Crippen molar-refractivity contribution in [2.45, 2.75) is 37.5 Å². The molecule has 0 radical (unpaired) electrons. The van der Waals surface area contributed by atoms with Gasteiger partial charge < -0.3 is 5.32 Å². The molecule has 0 saturated heterocycles. The molecule has 2 atom stereocenters. The molecule has 0 aliphatic heterocycles. The first-order valence-electron chi connectivity index (χ1n) is 9.93. The summed E-state index contributed by atoms with van der Waals surface area (Å²) in [7, 11) is 0. The molecule has 2 aromatic rings. The molecule has 2 bridgehead atoms. The molecule has 0 spiro atoms. The van der Waals surface area contributed by atoms with Gasteiger partial charge in [-0.25, -0.2) is 0 Å². The van der Waals surface area contributed by atoms with Crippen LogP contribution in [0.5, 0.6) is 0 Å². The highest BCUT2D eigenvalue weighted by molar-refractivity contribution is 5.79. The molecule has 2 nitrogen and oxygen atoms in total. The van der Waals surface area contributed by atoms with Gasteiger partial charge in [0.15, 0.2) is 0 Å². The molecule has 6 rings (SSSR count). The summed E-state index contributed by atoms with van der Waals surface area (Å²) < 4.78 is 0. The lowest BCUT2D eigenvalue weighted by molar-refractivity contribution is -0.125. The molecule has 132 valence electrons. The van der Waals surface area contributed by atoms with E-state index in [2.05, 4.69) is 66.0 Å². The average molecular weight is 343 g/mol. The van der Waals surface area contributed by atoms with Gasteiger partial charge in [-0.15, -0.1) is 0 Å². The number of hydrogen-bond donors (Lipinski definition) is 1. The number of benzene rings is 2. The fourth-order valence-corrected chi connectivity index (χ4v) is 5.37. The summed E-state index contributed by atoms with van der Waals surface area (Å²) >= 11 is 0. The van der Waals surface area contributed by atoms with Crippen molar-refractivity contribution in [1.82, 2.24) is 5.32 Å². The van der Waals surface area contributed by atoms with E-state index in [9.17, 15) is 4.79 Å². The van der Waals surface area contributed by atoms with Crippen LogP contribution in [0.4, 0.5) is 0 Å². The van der Waals surface area contributed by atoms with Crippen molar-refractivity contribution in [1.29, 1.82) is 0 Å². The first kappa shape index (κ1) is 15.9. The van der Waals surface area contributed by atoms with E-state index in [1.807, 2.05) is 0 Å². The second kappa shape index (κ2) is 6.42. The molecule has 2 unspecified atom stereocenters. The minimum absolute atomic E-state index is 0.167. The predicted octanol–water partition coefficient (Wildman–Crippen LogP) is 4.76. The van der Waals surface area contributed by atoms with Crippen LogP contribution < -0.4 is 5.32 Å². The van der Waals surface area contributed by atoms with Gasteiger partial charge in [0.2, 0.25) is 5.91 Å². The Morgan fingerprint density at radius 2 is 1.58 bits per heavy atom. The van der Waals surface area contributed by atoms with Crippen LogP contribution in [0.25, 0.3) is 0 Å². The van der Waals surface area contributed by atoms with Crippen LogP contribution >= 0.6 is 0 Å². The van der Waals surface area contributed by atoms with Crippen LogP contribution in [0, 0.1) is 11.8 Å². The second-order valence-corrected chi connectivity index (χ2v) is 8.01. The van der Waals surface area contributed by atoms with E-state index in [1.54, 1.807) is 0 Å². The Morgan fingerprint density at radius 3 is 2.19 bits per heavy atom. The Morgan fingerprint density at radius 1 is 0.923 bits per heavy atom. The number of allylic oxidation sites excluding steroid dienone is 2. The minimum atomic E-state index is 0.167. The van der Waals surface area contributed by atoms with Gasteiger partial charge in [0.05, 0.1) is 0 Å². The summed E-state index contributed by atoms with van der Waals surface area (Å²) in [5.74, 6) is 1.80. The van der Waals surface area contributed by atoms with Crippen molar-refractivity contribution in [2.75, 3.05) is 6.54 Å². The number of hydrogen-bond acceptors (Lipinski definition) is 1. The first-order valence-corrected chi connectivity index (χ1v) is 9.93. The zero-order valence-electron chi connectivity index (χ0n) is 15.0. The number of carbonyl (C=O) groups excluding carboxylic acids is 1. The summed E-state index contributed by atoms with van der Waals surface area (Å²) in [5.41, 5.74) is 5.94. The lowest BCUT2D eigenvalue weighted by Gasteiger charge is -2.45. The van der Waals surface area contributed by atoms with Crippen molar-refractivity contribution < 1.29 is 4.79 Å². The fourth-order valence-electron chi connectivity index (χ4n) is 5.37. The van der Waals surface area contributed by atoms with E-state index in [1.165, 1.54) is 22.3 Å². The van der Waals surface area contributed by atoms with Gasteiger partial charge in [0, 0.05) is 24.3 Å². The Bertz CT molecular complexity index is 821. The van der Waals surface area contributed by atoms with Gasteiger partial charge in [-0.05, 0) is 53.9 Å². The number of rotatable bonds is 3. The molecule has 1 N–H and O–H groups in total. The standard InChI is InChI=1S/C24H25NO/c26-24(16-8-2-1-3-9-16)25-15-17-14-22-18-10-4-6-12-20(18)23(17)21-13-7-5-11-19(21)22/h1-2,4-7,10-13,16-17,22-23H,3,8-9,14-15H2,(H,25,26). The van der Waals surface area contributed by atoms with Gasteiger partial charge in [0.1, 0.15) is 0 Å². The molecule has 0 saturated carbocycles. The smallest absolute Gasteiger partial charge is 0.223 e. The van der Waals surface area contributed by atoms with E-state index < -0.39 is 0 Å². The summed E-state index contributed by atoms with van der Waals surface area (Å²) in [6.45, 7) is 0.795. The van der Waals surface area contributed by atoms with Crippen LogP contribution in [0.2, 0.25) is 0 Å². The van der Waals surface area contributed by atoms with E-state index in [4.69, 9.17) is 0 Å². The van der Waals surface area contributed by atoms with E-state index in [0.717, 1.165) is 32.2 Å². The maximum atomic E-state index is 12.6. The van der Waals surface area contributed by atoms with Gasteiger partial charge >= 0.3 is 0 Å². The van der Waals surface area contributed by atoms with Crippen molar-refractivity contribution in [3.05, 3.63) is 82.9 Å². The Kier molecular flexibility index (Phi) is 3.92. The average Bonchev–Trinajstić information content (AvgIpc) is 2.73. The third kappa shape index (κ3) is 2.51. The maximum Gasteiger partial charge on any atom is 0.223 e. The Hall–Kier alpha value is -2.35. The summed E-state index contributed by atoms with van der Waals surface area (Å²) in [5, 5.41) is 3.30. The van der Waals surface area contributed by atoms with Crippen molar-refractivity contribution in [3.63, 3.8) is 0 Å². The van der Waals surface area contributed by atoms with Crippen molar-refractivity contribution in [3.8, 4) is 0 Å². The SMILES string of the molecule is O=C(NCC1CC2c3ccccc3C1c1ccccc12)C1CC=CCC1. The molecule has 2 aromatic carbocycles. The quantitative estimate of drug-likeness (QED) is 0.800. The van der Waals surface area contributed by atoms with Crippen molar-refractivity contribution in [2.24, 2.45) is 11.8 Å². The fraction of sp³-hybridized carbons (Fsp3) is 0.375. The Balaban J connectivity index is 1.40. The highest BCUT2D eigenvalue weighted by atomic mass is 16.1. The maximum absolute atomic E-state index is 12.6. The lowest BCUT2D eigenvalue weighted by Crippen LogP contribution is -2.41. The van der Waals surface area contributed by atoms with Crippen LogP contribution in [0.3, 0.4) is 0 Å². The third-order valence-corrected chi connectivity index (χ3v) is 6.60. The number of fused-ring (bicyclic) bond motifs is 1. The highest BCUT2D eigenvalue weighted by Gasteiger charge is 2.42.